The molecule has 0 aliphatic rings. The first kappa shape index (κ1) is 10.9. The van der Waals surface area contributed by atoms with Crippen molar-refractivity contribution in [1.82, 2.24) is 15.3 Å². The van der Waals surface area contributed by atoms with Gasteiger partial charge in [0.2, 0.25) is 5.95 Å². The fraction of sp³-hybridized carbons (Fsp3) is 0.600. The van der Waals surface area contributed by atoms with Crippen LogP contribution in [0, 0.1) is 0 Å². The first-order valence-corrected chi connectivity index (χ1v) is 5.03. The van der Waals surface area contributed by atoms with E-state index in [1.54, 1.807) is 12.4 Å². The molecule has 78 valence electrons. The lowest BCUT2D eigenvalue weighted by Crippen LogP contribution is -2.25. The second kappa shape index (κ2) is 6.32. The second-order valence-electron chi connectivity index (χ2n) is 3.46. The van der Waals surface area contributed by atoms with Crippen LogP contribution in [-0.4, -0.2) is 29.1 Å². The van der Waals surface area contributed by atoms with Gasteiger partial charge in [-0.2, -0.15) is 0 Å². The van der Waals surface area contributed by atoms with Crippen LogP contribution in [0.25, 0.3) is 0 Å². The van der Waals surface area contributed by atoms with Gasteiger partial charge in [-0.3, -0.25) is 0 Å². The summed E-state index contributed by atoms with van der Waals surface area (Å²) in [5.74, 6) is 0.706. The first-order chi connectivity index (χ1) is 6.79. The third kappa shape index (κ3) is 4.77. The summed E-state index contributed by atoms with van der Waals surface area (Å²) in [4.78, 5) is 8.14. The van der Waals surface area contributed by atoms with Gasteiger partial charge in [-0.1, -0.05) is 13.8 Å². The van der Waals surface area contributed by atoms with Crippen molar-refractivity contribution in [3.8, 4) is 0 Å². The molecule has 0 aromatic carbocycles. The Labute approximate surface area is 85.2 Å². The predicted octanol–water partition coefficient (Wildman–Crippen LogP) is 1.28. The van der Waals surface area contributed by atoms with Crippen molar-refractivity contribution >= 4 is 5.95 Å². The molecule has 0 atom stereocenters. The van der Waals surface area contributed by atoms with E-state index in [4.69, 9.17) is 0 Å². The molecule has 0 aliphatic heterocycles. The summed E-state index contributed by atoms with van der Waals surface area (Å²) in [7, 11) is 0. The quantitative estimate of drug-likeness (QED) is 0.670. The summed E-state index contributed by atoms with van der Waals surface area (Å²) in [6, 6.07) is 2.37. The van der Waals surface area contributed by atoms with Gasteiger partial charge in [0.1, 0.15) is 0 Å². The van der Waals surface area contributed by atoms with E-state index in [0.29, 0.717) is 12.0 Å². The molecule has 0 bridgehead atoms. The molecule has 0 unspecified atom stereocenters. The Hall–Kier alpha value is -1.16. The Morgan fingerprint density at radius 1 is 1.21 bits per heavy atom. The summed E-state index contributed by atoms with van der Waals surface area (Å²) >= 11 is 0. The molecule has 0 fully saturated rings. The van der Waals surface area contributed by atoms with Crippen molar-refractivity contribution in [3.63, 3.8) is 0 Å². The fourth-order valence-corrected chi connectivity index (χ4v) is 1.07. The molecule has 4 nitrogen and oxygen atoms in total. The van der Waals surface area contributed by atoms with Crippen LogP contribution in [-0.2, 0) is 0 Å². The summed E-state index contributed by atoms with van der Waals surface area (Å²) in [6.45, 7) is 6.22. The zero-order valence-electron chi connectivity index (χ0n) is 8.83. The molecular weight excluding hydrogens is 176 g/mol. The van der Waals surface area contributed by atoms with Crippen LogP contribution in [0.2, 0.25) is 0 Å². The Morgan fingerprint density at radius 3 is 2.57 bits per heavy atom. The van der Waals surface area contributed by atoms with E-state index in [1.807, 2.05) is 6.07 Å². The highest BCUT2D eigenvalue weighted by Crippen LogP contribution is 1.93. The molecule has 0 spiro atoms. The monoisotopic (exact) mass is 194 g/mol. The molecule has 1 rings (SSSR count). The maximum Gasteiger partial charge on any atom is 0.222 e. The average Bonchev–Trinajstić information content (AvgIpc) is 2.18. The predicted molar refractivity (Wildman–Crippen MR) is 58.3 cm³/mol. The molecule has 14 heavy (non-hydrogen) atoms. The summed E-state index contributed by atoms with van der Waals surface area (Å²) in [5, 5.41) is 6.51. The van der Waals surface area contributed by atoms with Crippen LogP contribution in [0.15, 0.2) is 18.5 Å². The normalized spacial score (nSPS) is 10.5. The number of nitrogens with zero attached hydrogens (tertiary/aromatic N) is 2. The highest BCUT2D eigenvalue weighted by molar-refractivity contribution is 5.21. The van der Waals surface area contributed by atoms with E-state index < -0.39 is 0 Å². The standard InChI is InChI=1S/C10H18N4/c1-9(2)11-5-3-6-12-10-13-7-4-8-14-10/h4,7-9,11H,3,5-6H2,1-2H3,(H,12,13,14). The lowest BCUT2D eigenvalue weighted by Gasteiger charge is -2.08. The largest absolute Gasteiger partial charge is 0.354 e. The minimum atomic E-state index is 0.558. The van der Waals surface area contributed by atoms with Gasteiger partial charge in [0.25, 0.3) is 0 Å². The molecular formula is C10H18N4. The van der Waals surface area contributed by atoms with Crippen molar-refractivity contribution < 1.29 is 0 Å². The SMILES string of the molecule is CC(C)NCCCNc1ncccn1. The first-order valence-electron chi connectivity index (χ1n) is 5.03. The van der Waals surface area contributed by atoms with Crippen LogP contribution < -0.4 is 10.6 Å². The number of aromatic nitrogens is 2. The number of hydrogen-bond donors (Lipinski definition) is 2. The van der Waals surface area contributed by atoms with E-state index in [-0.39, 0.29) is 0 Å². The minimum absolute atomic E-state index is 0.558. The molecule has 0 saturated carbocycles. The van der Waals surface area contributed by atoms with Crippen molar-refractivity contribution in [1.29, 1.82) is 0 Å². The molecule has 1 heterocycles. The Bertz CT molecular complexity index is 235. The van der Waals surface area contributed by atoms with Gasteiger partial charge >= 0.3 is 0 Å². The maximum absolute atomic E-state index is 4.07. The molecule has 1 aromatic rings. The van der Waals surface area contributed by atoms with E-state index in [9.17, 15) is 0 Å². The highest BCUT2D eigenvalue weighted by Gasteiger charge is 1.93. The summed E-state index contributed by atoms with van der Waals surface area (Å²) < 4.78 is 0. The van der Waals surface area contributed by atoms with Crippen LogP contribution in [0.4, 0.5) is 5.95 Å². The van der Waals surface area contributed by atoms with Gasteiger partial charge in [-0.25, -0.2) is 9.97 Å². The minimum Gasteiger partial charge on any atom is -0.354 e. The Morgan fingerprint density at radius 2 is 1.93 bits per heavy atom. The van der Waals surface area contributed by atoms with Crippen LogP contribution in [0.1, 0.15) is 20.3 Å². The highest BCUT2D eigenvalue weighted by atomic mass is 15.1. The Balaban J connectivity index is 2.05. The lowest BCUT2D eigenvalue weighted by molar-refractivity contribution is 0.577. The summed E-state index contributed by atoms with van der Waals surface area (Å²) in [5.41, 5.74) is 0. The lowest BCUT2D eigenvalue weighted by atomic mass is 10.3. The molecule has 4 heteroatoms. The summed E-state index contributed by atoms with van der Waals surface area (Å²) in [6.07, 6.45) is 4.56. The molecule has 0 amide bonds. The molecule has 0 saturated heterocycles. The molecule has 0 aliphatic carbocycles. The number of anilines is 1. The number of nitrogens with one attached hydrogen (secondary N) is 2. The average molecular weight is 194 g/mol. The Kier molecular flexibility index (Phi) is 4.93. The zero-order chi connectivity index (χ0) is 10.2. The van der Waals surface area contributed by atoms with Gasteiger partial charge in [0.15, 0.2) is 0 Å². The van der Waals surface area contributed by atoms with Crippen molar-refractivity contribution in [2.45, 2.75) is 26.3 Å². The van der Waals surface area contributed by atoms with Crippen LogP contribution >= 0.6 is 0 Å². The molecule has 0 radical (unpaired) electrons. The van der Waals surface area contributed by atoms with Crippen molar-refractivity contribution in [2.75, 3.05) is 18.4 Å². The zero-order valence-corrected chi connectivity index (χ0v) is 8.83. The van der Waals surface area contributed by atoms with E-state index >= 15 is 0 Å². The van der Waals surface area contributed by atoms with Gasteiger partial charge in [0, 0.05) is 25.0 Å². The maximum atomic E-state index is 4.07. The molecule has 2 N–H and O–H groups in total. The van der Waals surface area contributed by atoms with E-state index in [2.05, 4.69) is 34.4 Å². The van der Waals surface area contributed by atoms with Gasteiger partial charge in [0.05, 0.1) is 0 Å². The number of rotatable bonds is 6. The van der Waals surface area contributed by atoms with Crippen LogP contribution in [0.5, 0.6) is 0 Å². The number of hydrogen-bond acceptors (Lipinski definition) is 4. The third-order valence-electron chi connectivity index (χ3n) is 1.76. The van der Waals surface area contributed by atoms with E-state index in [1.165, 1.54) is 0 Å². The van der Waals surface area contributed by atoms with Crippen molar-refractivity contribution in [3.05, 3.63) is 18.5 Å². The van der Waals surface area contributed by atoms with Gasteiger partial charge in [-0.15, -0.1) is 0 Å². The van der Waals surface area contributed by atoms with Gasteiger partial charge in [-0.05, 0) is 19.0 Å². The van der Waals surface area contributed by atoms with Gasteiger partial charge < -0.3 is 10.6 Å². The topological polar surface area (TPSA) is 49.8 Å². The smallest absolute Gasteiger partial charge is 0.222 e. The van der Waals surface area contributed by atoms with Crippen molar-refractivity contribution in [2.24, 2.45) is 0 Å². The molecule has 1 aromatic heterocycles. The fourth-order valence-electron chi connectivity index (χ4n) is 1.07. The van der Waals surface area contributed by atoms with E-state index in [0.717, 1.165) is 19.5 Å². The van der Waals surface area contributed by atoms with Crippen LogP contribution in [0.3, 0.4) is 0 Å². The third-order valence-corrected chi connectivity index (χ3v) is 1.76. The second-order valence-corrected chi connectivity index (χ2v) is 3.46.